The van der Waals surface area contributed by atoms with Gasteiger partial charge in [0.15, 0.2) is 0 Å². The van der Waals surface area contributed by atoms with Gasteiger partial charge in [0.1, 0.15) is 6.61 Å². The molecular weight excluding hydrogens is 220 g/mol. The van der Waals surface area contributed by atoms with Gasteiger partial charge in [-0.1, -0.05) is 18.2 Å². The maximum absolute atomic E-state index is 11.1. The van der Waals surface area contributed by atoms with E-state index >= 15 is 0 Å². The van der Waals surface area contributed by atoms with Gasteiger partial charge in [-0.3, -0.25) is 9.59 Å². The maximum Gasteiger partial charge on any atom is 0.250 e. The van der Waals surface area contributed by atoms with Crippen LogP contribution >= 0.6 is 0 Å². The SMILES string of the molecule is CC(=O)NCCc1ccccc1NC(=O)CO. The summed E-state index contributed by atoms with van der Waals surface area (Å²) < 4.78 is 0. The molecule has 17 heavy (non-hydrogen) atoms. The highest BCUT2D eigenvalue weighted by Gasteiger charge is 2.05. The third kappa shape index (κ3) is 4.65. The van der Waals surface area contributed by atoms with Gasteiger partial charge in [0.05, 0.1) is 0 Å². The van der Waals surface area contributed by atoms with E-state index in [0.29, 0.717) is 18.7 Å². The zero-order valence-electron chi connectivity index (χ0n) is 9.69. The normalized spacial score (nSPS) is 9.76. The Morgan fingerprint density at radius 1 is 1.29 bits per heavy atom. The minimum atomic E-state index is -0.542. The van der Waals surface area contributed by atoms with E-state index in [2.05, 4.69) is 10.6 Å². The fourth-order valence-electron chi connectivity index (χ4n) is 1.42. The van der Waals surface area contributed by atoms with Gasteiger partial charge in [-0.05, 0) is 18.1 Å². The van der Waals surface area contributed by atoms with Crippen molar-refractivity contribution in [3.05, 3.63) is 29.8 Å². The molecule has 1 rings (SSSR count). The van der Waals surface area contributed by atoms with Crippen LogP contribution in [0.1, 0.15) is 12.5 Å². The molecule has 1 aromatic rings. The number of carbonyl (C=O) groups is 2. The Morgan fingerprint density at radius 3 is 2.65 bits per heavy atom. The molecule has 0 atom stereocenters. The first-order chi connectivity index (χ1) is 8.13. The molecule has 0 aliphatic heterocycles. The lowest BCUT2D eigenvalue weighted by Gasteiger charge is -2.10. The highest BCUT2D eigenvalue weighted by molar-refractivity contribution is 5.92. The average Bonchev–Trinajstić information content (AvgIpc) is 2.30. The van der Waals surface area contributed by atoms with E-state index in [1.54, 1.807) is 12.1 Å². The monoisotopic (exact) mass is 236 g/mol. The fourth-order valence-corrected chi connectivity index (χ4v) is 1.42. The number of nitrogens with one attached hydrogen (secondary N) is 2. The van der Waals surface area contributed by atoms with Crippen LogP contribution in [0.2, 0.25) is 0 Å². The topological polar surface area (TPSA) is 78.4 Å². The summed E-state index contributed by atoms with van der Waals surface area (Å²) in [6.45, 7) is 1.43. The molecule has 0 bridgehead atoms. The number of aliphatic hydroxyl groups excluding tert-OH is 1. The number of amides is 2. The number of carbonyl (C=O) groups excluding carboxylic acids is 2. The molecule has 1 aromatic carbocycles. The molecule has 0 fully saturated rings. The van der Waals surface area contributed by atoms with E-state index in [0.717, 1.165) is 5.56 Å². The Labute approximate surface area is 99.8 Å². The van der Waals surface area contributed by atoms with Gasteiger partial charge >= 0.3 is 0 Å². The number of para-hydroxylation sites is 1. The summed E-state index contributed by atoms with van der Waals surface area (Å²) in [5.41, 5.74) is 1.58. The molecule has 2 amide bonds. The van der Waals surface area contributed by atoms with Gasteiger partial charge in [-0.2, -0.15) is 0 Å². The highest BCUT2D eigenvalue weighted by atomic mass is 16.3. The Bertz CT molecular complexity index is 404. The van der Waals surface area contributed by atoms with Crippen molar-refractivity contribution >= 4 is 17.5 Å². The molecule has 5 nitrogen and oxygen atoms in total. The molecule has 0 unspecified atom stereocenters. The molecule has 0 saturated heterocycles. The van der Waals surface area contributed by atoms with Crippen molar-refractivity contribution in [3.63, 3.8) is 0 Å². The largest absolute Gasteiger partial charge is 0.387 e. The zero-order valence-corrected chi connectivity index (χ0v) is 9.69. The van der Waals surface area contributed by atoms with E-state index < -0.39 is 12.5 Å². The first kappa shape index (κ1) is 13.2. The molecule has 92 valence electrons. The van der Waals surface area contributed by atoms with Gasteiger partial charge in [0.2, 0.25) is 11.8 Å². The second-order valence-electron chi connectivity index (χ2n) is 3.60. The Hall–Kier alpha value is -1.88. The molecule has 0 aromatic heterocycles. The molecule has 0 aliphatic rings. The number of anilines is 1. The van der Waals surface area contributed by atoms with Crippen LogP contribution < -0.4 is 10.6 Å². The zero-order chi connectivity index (χ0) is 12.7. The smallest absolute Gasteiger partial charge is 0.250 e. The van der Waals surface area contributed by atoms with Crippen LogP contribution in [0, 0.1) is 0 Å². The number of aliphatic hydroxyl groups is 1. The quantitative estimate of drug-likeness (QED) is 0.688. The van der Waals surface area contributed by atoms with Crippen molar-refractivity contribution in [2.45, 2.75) is 13.3 Å². The molecule has 0 heterocycles. The van der Waals surface area contributed by atoms with Crippen LogP contribution in [-0.4, -0.2) is 30.1 Å². The van der Waals surface area contributed by atoms with Crippen molar-refractivity contribution < 1.29 is 14.7 Å². The van der Waals surface area contributed by atoms with E-state index in [-0.39, 0.29) is 5.91 Å². The summed E-state index contributed by atoms with van der Waals surface area (Å²) in [4.78, 5) is 21.8. The summed E-state index contributed by atoms with van der Waals surface area (Å²) in [6, 6.07) is 7.29. The molecule has 3 N–H and O–H groups in total. The summed E-state index contributed by atoms with van der Waals surface area (Å²) in [5, 5.41) is 14.0. The minimum Gasteiger partial charge on any atom is -0.387 e. The summed E-state index contributed by atoms with van der Waals surface area (Å²) >= 11 is 0. The minimum absolute atomic E-state index is 0.0816. The lowest BCUT2D eigenvalue weighted by molar-refractivity contribution is -0.119. The number of rotatable bonds is 5. The molecule has 0 saturated carbocycles. The van der Waals surface area contributed by atoms with Crippen molar-refractivity contribution in [2.24, 2.45) is 0 Å². The van der Waals surface area contributed by atoms with Crippen molar-refractivity contribution in [1.82, 2.24) is 5.32 Å². The lowest BCUT2D eigenvalue weighted by Crippen LogP contribution is -2.23. The van der Waals surface area contributed by atoms with E-state index in [4.69, 9.17) is 5.11 Å². The van der Waals surface area contributed by atoms with E-state index in [1.807, 2.05) is 12.1 Å². The van der Waals surface area contributed by atoms with Crippen LogP contribution in [0.25, 0.3) is 0 Å². The summed E-state index contributed by atoms with van der Waals surface area (Å²) in [5.74, 6) is -0.529. The molecule has 5 heteroatoms. The predicted octanol–water partition coefficient (Wildman–Crippen LogP) is 0.296. The van der Waals surface area contributed by atoms with Crippen molar-refractivity contribution in [1.29, 1.82) is 0 Å². The number of benzene rings is 1. The Kier molecular flexibility index (Phi) is 5.16. The van der Waals surface area contributed by atoms with Gasteiger partial charge in [0.25, 0.3) is 0 Å². The Balaban J connectivity index is 2.64. The highest BCUT2D eigenvalue weighted by Crippen LogP contribution is 2.15. The first-order valence-corrected chi connectivity index (χ1v) is 5.36. The third-order valence-electron chi connectivity index (χ3n) is 2.20. The number of hydrogen-bond acceptors (Lipinski definition) is 3. The van der Waals surface area contributed by atoms with Crippen LogP contribution in [0.5, 0.6) is 0 Å². The van der Waals surface area contributed by atoms with Crippen molar-refractivity contribution in [3.8, 4) is 0 Å². The second kappa shape index (κ2) is 6.65. The van der Waals surface area contributed by atoms with Gasteiger partial charge in [-0.15, -0.1) is 0 Å². The van der Waals surface area contributed by atoms with Gasteiger partial charge in [-0.25, -0.2) is 0 Å². The first-order valence-electron chi connectivity index (χ1n) is 5.36. The van der Waals surface area contributed by atoms with Gasteiger partial charge in [0, 0.05) is 19.2 Å². The third-order valence-corrected chi connectivity index (χ3v) is 2.20. The van der Waals surface area contributed by atoms with Crippen molar-refractivity contribution in [2.75, 3.05) is 18.5 Å². The molecular formula is C12H16N2O3. The summed E-state index contributed by atoms with van der Waals surface area (Å²) in [6.07, 6.45) is 0.626. The fraction of sp³-hybridized carbons (Fsp3) is 0.333. The van der Waals surface area contributed by atoms with E-state index in [1.165, 1.54) is 6.92 Å². The summed E-state index contributed by atoms with van der Waals surface area (Å²) in [7, 11) is 0. The lowest BCUT2D eigenvalue weighted by atomic mass is 10.1. The molecule has 0 radical (unpaired) electrons. The second-order valence-corrected chi connectivity index (χ2v) is 3.60. The molecule has 0 aliphatic carbocycles. The Morgan fingerprint density at radius 2 is 2.00 bits per heavy atom. The van der Waals surface area contributed by atoms with E-state index in [9.17, 15) is 9.59 Å². The molecule has 0 spiro atoms. The van der Waals surface area contributed by atoms with Crippen LogP contribution in [0.4, 0.5) is 5.69 Å². The van der Waals surface area contributed by atoms with Crippen LogP contribution in [0.15, 0.2) is 24.3 Å². The maximum atomic E-state index is 11.1. The van der Waals surface area contributed by atoms with Gasteiger partial charge < -0.3 is 15.7 Å². The standard InChI is InChI=1S/C12H16N2O3/c1-9(16)13-7-6-10-4-2-3-5-11(10)14-12(17)8-15/h2-5,15H,6-8H2,1H3,(H,13,16)(H,14,17). The van der Waals surface area contributed by atoms with Crippen LogP contribution in [0.3, 0.4) is 0 Å². The average molecular weight is 236 g/mol. The number of hydrogen-bond donors (Lipinski definition) is 3. The van der Waals surface area contributed by atoms with Crippen LogP contribution in [-0.2, 0) is 16.0 Å². The predicted molar refractivity (Wildman–Crippen MR) is 64.5 cm³/mol.